The first-order valence-electron chi connectivity index (χ1n) is 8.65. The molecule has 3 rings (SSSR count). The molecule has 0 saturated carbocycles. The molecule has 1 heterocycles. The van der Waals surface area contributed by atoms with Crippen molar-refractivity contribution in [2.45, 2.75) is 20.0 Å². The Labute approximate surface area is 154 Å². The van der Waals surface area contributed by atoms with E-state index in [0.29, 0.717) is 6.54 Å². The standard InChI is InChI=1S/C20H24FN3S/c1-16-3-2-4-18(13-16)15-23-9-11-24(12-10-23)20(25)22-14-17-5-7-19(21)8-6-17/h2-8,13H,9-12,14-15H2,1H3,(H,22,25). The Hall–Kier alpha value is -1.98. The molecule has 1 aliphatic rings. The van der Waals surface area contributed by atoms with Crippen LogP contribution in [0.5, 0.6) is 0 Å². The summed E-state index contributed by atoms with van der Waals surface area (Å²) in [6, 6.07) is 15.2. The number of hydrogen-bond donors (Lipinski definition) is 1. The summed E-state index contributed by atoms with van der Waals surface area (Å²) in [7, 11) is 0. The van der Waals surface area contributed by atoms with Gasteiger partial charge >= 0.3 is 0 Å². The number of aryl methyl sites for hydroxylation is 1. The van der Waals surface area contributed by atoms with E-state index in [1.165, 1.54) is 23.3 Å². The normalized spacial score (nSPS) is 15.2. The van der Waals surface area contributed by atoms with Crippen molar-refractivity contribution in [3.05, 3.63) is 71.0 Å². The van der Waals surface area contributed by atoms with Gasteiger partial charge in [-0.15, -0.1) is 0 Å². The molecule has 2 aromatic carbocycles. The number of rotatable bonds is 4. The van der Waals surface area contributed by atoms with Gasteiger partial charge in [0.25, 0.3) is 0 Å². The molecule has 0 radical (unpaired) electrons. The van der Waals surface area contributed by atoms with Crippen molar-refractivity contribution in [1.82, 2.24) is 15.1 Å². The first kappa shape index (κ1) is 17.8. The summed E-state index contributed by atoms with van der Waals surface area (Å²) >= 11 is 5.51. The largest absolute Gasteiger partial charge is 0.358 e. The maximum atomic E-state index is 12.9. The molecule has 2 aromatic rings. The van der Waals surface area contributed by atoms with Crippen LogP contribution in [0.4, 0.5) is 4.39 Å². The van der Waals surface area contributed by atoms with E-state index in [2.05, 4.69) is 46.3 Å². The lowest BCUT2D eigenvalue weighted by atomic mass is 10.1. The molecular weight excluding hydrogens is 333 g/mol. The minimum Gasteiger partial charge on any atom is -0.358 e. The fraction of sp³-hybridized carbons (Fsp3) is 0.350. The van der Waals surface area contributed by atoms with Gasteiger partial charge in [-0.3, -0.25) is 4.90 Å². The predicted octanol–water partition coefficient (Wildman–Crippen LogP) is 3.33. The maximum absolute atomic E-state index is 12.9. The van der Waals surface area contributed by atoms with E-state index in [4.69, 9.17) is 12.2 Å². The predicted molar refractivity (Wildman–Crippen MR) is 104 cm³/mol. The summed E-state index contributed by atoms with van der Waals surface area (Å²) in [6.45, 7) is 7.63. The fourth-order valence-electron chi connectivity index (χ4n) is 3.07. The zero-order chi connectivity index (χ0) is 17.6. The van der Waals surface area contributed by atoms with Gasteiger partial charge in [0.2, 0.25) is 0 Å². The van der Waals surface area contributed by atoms with E-state index in [1.54, 1.807) is 12.1 Å². The van der Waals surface area contributed by atoms with E-state index in [0.717, 1.165) is 43.4 Å². The van der Waals surface area contributed by atoms with Gasteiger partial charge in [0, 0.05) is 39.3 Å². The number of benzene rings is 2. The molecule has 1 saturated heterocycles. The molecule has 0 atom stereocenters. The number of nitrogens with one attached hydrogen (secondary N) is 1. The van der Waals surface area contributed by atoms with Crippen molar-refractivity contribution < 1.29 is 4.39 Å². The fourth-order valence-corrected chi connectivity index (χ4v) is 3.32. The summed E-state index contributed by atoms with van der Waals surface area (Å²) in [5.41, 5.74) is 3.70. The third-order valence-electron chi connectivity index (χ3n) is 4.51. The highest BCUT2D eigenvalue weighted by atomic mass is 32.1. The van der Waals surface area contributed by atoms with Crippen LogP contribution < -0.4 is 5.32 Å². The molecule has 0 amide bonds. The lowest BCUT2D eigenvalue weighted by Gasteiger charge is -2.36. The van der Waals surface area contributed by atoms with Gasteiger partial charge in [-0.05, 0) is 42.4 Å². The molecule has 0 bridgehead atoms. The van der Waals surface area contributed by atoms with Crippen molar-refractivity contribution in [3.63, 3.8) is 0 Å². The minimum absolute atomic E-state index is 0.212. The van der Waals surface area contributed by atoms with Crippen LogP contribution in [-0.2, 0) is 13.1 Å². The third kappa shape index (κ3) is 5.25. The van der Waals surface area contributed by atoms with E-state index in [9.17, 15) is 4.39 Å². The van der Waals surface area contributed by atoms with Crippen LogP contribution in [-0.4, -0.2) is 41.1 Å². The van der Waals surface area contributed by atoms with E-state index < -0.39 is 0 Å². The van der Waals surface area contributed by atoms with Gasteiger partial charge in [-0.25, -0.2) is 4.39 Å². The summed E-state index contributed by atoms with van der Waals surface area (Å²) in [5.74, 6) is -0.212. The average molecular weight is 357 g/mol. The van der Waals surface area contributed by atoms with E-state index in [-0.39, 0.29) is 5.82 Å². The van der Waals surface area contributed by atoms with Gasteiger partial charge < -0.3 is 10.2 Å². The summed E-state index contributed by atoms with van der Waals surface area (Å²) < 4.78 is 12.9. The summed E-state index contributed by atoms with van der Waals surface area (Å²) in [6.07, 6.45) is 0. The monoisotopic (exact) mass is 357 g/mol. The third-order valence-corrected chi connectivity index (χ3v) is 4.91. The average Bonchev–Trinajstić information content (AvgIpc) is 2.62. The highest BCUT2D eigenvalue weighted by Crippen LogP contribution is 2.11. The van der Waals surface area contributed by atoms with Gasteiger partial charge in [0.15, 0.2) is 5.11 Å². The van der Waals surface area contributed by atoms with Crippen LogP contribution in [0.25, 0.3) is 0 Å². The number of piperazine rings is 1. The molecule has 132 valence electrons. The quantitative estimate of drug-likeness (QED) is 0.846. The van der Waals surface area contributed by atoms with Crippen molar-refractivity contribution in [3.8, 4) is 0 Å². The molecule has 0 spiro atoms. The first-order chi connectivity index (χ1) is 12.1. The van der Waals surface area contributed by atoms with Crippen LogP contribution in [0.3, 0.4) is 0 Å². The van der Waals surface area contributed by atoms with Crippen LogP contribution in [0.2, 0.25) is 0 Å². The molecule has 0 unspecified atom stereocenters. The highest BCUT2D eigenvalue weighted by molar-refractivity contribution is 7.80. The number of hydrogen-bond acceptors (Lipinski definition) is 2. The van der Waals surface area contributed by atoms with Crippen molar-refractivity contribution in [2.24, 2.45) is 0 Å². The van der Waals surface area contributed by atoms with Gasteiger partial charge in [0.1, 0.15) is 5.82 Å². The van der Waals surface area contributed by atoms with Crippen molar-refractivity contribution in [1.29, 1.82) is 0 Å². The SMILES string of the molecule is Cc1cccc(CN2CCN(C(=S)NCc3ccc(F)cc3)CC2)c1. The molecule has 0 aliphatic carbocycles. The van der Waals surface area contributed by atoms with E-state index in [1.807, 2.05) is 0 Å². The Morgan fingerprint density at radius 3 is 2.44 bits per heavy atom. The summed E-state index contributed by atoms with van der Waals surface area (Å²) in [5, 5.41) is 4.05. The second-order valence-electron chi connectivity index (χ2n) is 6.54. The van der Waals surface area contributed by atoms with Gasteiger partial charge in [-0.2, -0.15) is 0 Å². The second kappa shape index (κ2) is 8.41. The number of thiocarbonyl (C=S) groups is 1. The van der Waals surface area contributed by atoms with Gasteiger partial charge in [0.05, 0.1) is 0 Å². The molecule has 3 nitrogen and oxygen atoms in total. The number of nitrogens with zero attached hydrogens (tertiary/aromatic N) is 2. The Morgan fingerprint density at radius 2 is 1.76 bits per heavy atom. The Bertz CT molecular complexity index is 709. The van der Waals surface area contributed by atoms with Crippen molar-refractivity contribution >= 4 is 17.3 Å². The molecular formula is C20H24FN3S. The van der Waals surface area contributed by atoms with Crippen LogP contribution in [0.1, 0.15) is 16.7 Å². The molecule has 1 N–H and O–H groups in total. The maximum Gasteiger partial charge on any atom is 0.169 e. The molecule has 5 heteroatoms. The van der Waals surface area contributed by atoms with Crippen LogP contribution in [0.15, 0.2) is 48.5 Å². The zero-order valence-electron chi connectivity index (χ0n) is 14.5. The minimum atomic E-state index is -0.212. The molecule has 0 aromatic heterocycles. The van der Waals surface area contributed by atoms with Crippen LogP contribution >= 0.6 is 12.2 Å². The number of halogens is 1. The summed E-state index contributed by atoms with van der Waals surface area (Å²) in [4.78, 5) is 4.68. The Morgan fingerprint density at radius 1 is 1.04 bits per heavy atom. The van der Waals surface area contributed by atoms with Crippen LogP contribution in [0, 0.1) is 12.7 Å². The van der Waals surface area contributed by atoms with Crippen molar-refractivity contribution in [2.75, 3.05) is 26.2 Å². The second-order valence-corrected chi connectivity index (χ2v) is 6.92. The lowest BCUT2D eigenvalue weighted by Crippen LogP contribution is -2.51. The Balaban J connectivity index is 1.43. The lowest BCUT2D eigenvalue weighted by molar-refractivity contribution is 0.174. The smallest absolute Gasteiger partial charge is 0.169 e. The molecule has 1 fully saturated rings. The highest BCUT2D eigenvalue weighted by Gasteiger charge is 2.18. The Kier molecular flexibility index (Phi) is 6.00. The molecule has 25 heavy (non-hydrogen) atoms. The van der Waals surface area contributed by atoms with E-state index >= 15 is 0 Å². The topological polar surface area (TPSA) is 18.5 Å². The van der Waals surface area contributed by atoms with Gasteiger partial charge in [-0.1, -0.05) is 42.0 Å². The first-order valence-corrected chi connectivity index (χ1v) is 9.06. The zero-order valence-corrected chi connectivity index (χ0v) is 15.4. The molecule has 1 aliphatic heterocycles.